The molecule has 9 nitrogen and oxygen atoms in total. The lowest BCUT2D eigenvalue weighted by Crippen LogP contribution is -2.28. The standard InChI is InChI=1S/C53H97FN6O3/c1-5-9-12-15-20-27-35-46(8-4)44-47(61)36-28-21-18-25-32-41-60(43-34-40-55-51-50-52(57-45-56-50)59-53(54)58-51)42-33-26-19-24-31-39-49(62)63-48(37-29-22-16-13-10-6-2)38-30-23-17-14-11-7-3/h45-46,48H,5-44H2,1-4H3,(H2,55,56,57,58,59). The van der Waals surface area contributed by atoms with Gasteiger partial charge in [0.25, 0.3) is 0 Å². The number of fused-ring (bicyclic) bond motifs is 1. The van der Waals surface area contributed by atoms with Crippen LogP contribution in [0.3, 0.4) is 0 Å². The lowest BCUT2D eigenvalue weighted by atomic mass is 9.91. The number of unbranched alkanes of at least 4 members (excludes halogenated alkanes) is 23. The first-order valence-electron chi connectivity index (χ1n) is 26.9. The van der Waals surface area contributed by atoms with Crippen LogP contribution in [0.15, 0.2) is 6.33 Å². The van der Waals surface area contributed by atoms with Crippen LogP contribution in [0, 0.1) is 12.0 Å². The maximum atomic E-state index is 14.0. The third-order valence-electron chi connectivity index (χ3n) is 13.1. The fraction of sp³-hybridized carbons (Fsp3) is 0.868. The SMILES string of the molecule is CCCCCCCCC(CC)CC(=O)CCCCCCCN(CCCCCCCC(=O)OC(CCCCCCCC)CCCCCCCC)CCCNc1nc(F)nc2nc[nH]c12. The smallest absolute Gasteiger partial charge is 0.312 e. The van der Waals surface area contributed by atoms with Crippen molar-refractivity contribution in [3.05, 3.63) is 12.4 Å². The molecule has 2 aromatic rings. The molecule has 63 heavy (non-hydrogen) atoms. The predicted molar refractivity (Wildman–Crippen MR) is 264 cm³/mol. The molecule has 0 aliphatic heterocycles. The second-order valence-corrected chi connectivity index (χ2v) is 18.9. The van der Waals surface area contributed by atoms with Crippen molar-refractivity contribution in [2.24, 2.45) is 5.92 Å². The highest BCUT2D eigenvalue weighted by atomic mass is 19.1. The van der Waals surface area contributed by atoms with Gasteiger partial charge in [0, 0.05) is 25.8 Å². The largest absolute Gasteiger partial charge is 0.462 e. The van der Waals surface area contributed by atoms with Crippen molar-refractivity contribution in [2.75, 3.05) is 31.5 Å². The van der Waals surface area contributed by atoms with Crippen LogP contribution in [0.1, 0.15) is 259 Å². The average Bonchev–Trinajstić information content (AvgIpc) is 3.75. The molecular weight excluding hydrogens is 788 g/mol. The zero-order valence-corrected chi connectivity index (χ0v) is 41.4. The Hall–Kier alpha value is -2.62. The van der Waals surface area contributed by atoms with Crippen LogP contribution in [0.5, 0.6) is 0 Å². The summed E-state index contributed by atoms with van der Waals surface area (Å²) in [4.78, 5) is 43.1. The number of hydrogen-bond donors (Lipinski definition) is 2. The zero-order valence-electron chi connectivity index (χ0n) is 41.4. The Labute approximate surface area is 385 Å². The van der Waals surface area contributed by atoms with E-state index in [0.29, 0.717) is 41.6 Å². The number of ketones is 1. The summed E-state index contributed by atoms with van der Waals surface area (Å²) >= 11 is 0. The van der Waals surface area contributed by atoms with Gasteiger partial charge < -0.3 is 19.9 Å². The molecule has 2 N–H and O–H groups in total. The summed E-state index contributed by atoms with van der Waals surface area (Å²) in [5.41, 5.74) is 0.959. The number of aromatic nitrogens is 4. The van der Waals surface area contributed by atoms with Crippen molar-refractivity contribution in [2.45, 2.75) is 265 Å². The number of hydrogen-bond acceptors (Lipinski definition) is 8. The number of halogens is 1. The minimum Gasteiger partial charge on any atom is -0.462 e. The van der Waals surface area contributed by atoms with Crippen LogP contribution in [0.4, 0.5) is 10.2 Å². The van der Waals surface area contributed by atoms with E-state index in [-0.39, 0.29) is 12.1 Å². The van der Waals surface area contributed by atoms with Crippen LogP contribution in [-0.2, 0) is 14.3 Å². The second kappa shape index (κ2) is 39.7. The summed E-state index contributed by atoms with van der Waals surface area (Å²) in [5, 5.41) is 3.30. The van der Waals surface area contributed by atoms with Crippen LogP contribution in [0.25, 0.3) is 11.2 Å². The van der Waals surface area contributed by atoms with Gasteiger partial charge in [0.15, 0.2) is 11.5 Å². The molecule has 1 unspecified atom stereocenters. The van der Waals surface area contributed by atoms with E-state index in [2.05, 4.69) is 57.8 Å². The molecule has 2 rings (SSSR count). The number of rotatable bonds is 46. The van der Waals surface area contributed by atoms with Crippen molar-refractivity contribution in [1.82, 2.24) is 24.8 Å². The van der Waals surface area contributed by atoms with Gasteiger partial charge in [0.1, 0.15) is 17.4 Å². The summed E-state index contributed by atoms with van der Waals surface area (Å²) < 4.78 is 20.1. The first kappa shape index (κ1) is 56.5. The van der Waals surface area contributed by atoms with Crippen molar-refractivity contribution in [3.8, 4) is 0 Å². The van der Waals surface area contributed by atoms with Gasteiger partial charge in [0.05, 0.1) is 6.33 Å². The van der Waals surface area contributed by atoms with Gasteiger partial charge in [-0.1, -0.05) is 182 Å². The first-order chi connectivity index (χ1) is 30.9. The van der Waals surface area contributed by atoms with Crippen LogP contribution < -0.4 is 5.32 Å². The summed E-state index contributed by atoms with van der Waals surface area (Å²) in [6, 6.07) is 0. The molecule has 0 radical (unpaired) electrons. The van der Waals surface area contributed by atoms with E-state index >= 15 is 0 Å². The van der Waals surface area contributed by atoms with Crippen molar-refractivity contribution in [1.29, 1.82) is 0 Å². The summed E-state index contributed by atoms with van der Waals surface area (Å²) in [6.07, 6.45) is 42.5. The number of nitrogens with one attached hydrogen (secondary N) is 2. The highest BCUT2D eigenvalue weighted by molar-refractivity contribution is 5.82. The minimum atomic E-state index is -0.773. The van der Waals surface area contributed by atoms with E-state index < -0.39 is 6.08 Å². The quantitative estimate of drug-likeness (QED) is 0.0384. The fourth-order valence-corrected chi connectivity index (χ4v) is 9.00. The second-order valence-electron chi connectivity index (χ2n) is 18.9. The average molecular weight is 885 g/mol. The molecule has 10 heteroatoms. The number of Topliss-reactive ketones (excluding diaryl/α,β-unsaturated/α-hetero) is 1. The van der Waals surface area contributed by atoms with Gasteiger partial charge in [-0.05, 0) is 83.3 Å². The summed E-state index contributed by atoms with van der Waals surface area (Å²) in [6.45, 7) is 12.8. The maximum Gasteiger partial charge on any atom is 0.312 e. The van der Waals surface area contributed by atoms with Crippen LogP contribution >= 0.6 is 0 Å². The Balaban J connectivity index is 1.71. The van der Waals surface area contributed by atoms with Crippen molar-refractivity contribution >= 4 is 28.7 Å². The van der Waals surface area contributed by atoms with Gasteiger partial charge in [-0.25, -0.2) is 4.98 Å². The Morgan fingerprint density at radius 3 is 1.68 bits per heavy atom. The zero-order chi connectivity index (χ0) is 45.4. The molecule has 2 heterocycles. The number of esters is 1. The maximum absolute atomic E-state index is 14.0. The molecular formula is C53H97FN6O3. The fourth-order valence-electron chi connectivity index (χ4n) is 9.00. The van der Waals surface area contributed by atoms with Crippen LogP contribution in [0.2, 0.25) is 0 Å². The van der Waals surface area contributed by atoms with Crippen molar-refractivity contribution < 1.29 is 18.7 Å². The predicted octanol–water partition coefficient (Wildman–Crippen LogP) is 15.4. The number of carbonyl (C=O) groups is 2. The third kappa shape index (κ3) is 30.3. The molecule has 0 saturated heterocycles. The molecule has 2 aromatic heterocycles. The molecule has 0 aliphatic carbocycles. The topological polar surface area (TPSA) is 113 Å². The van der Waals surface area contributed by atoms with E-state index in [4.69, 9.17) is 4.74 Å². The van der Waals surface area contributed by atoms with Gasteiger partial charge in [-0.3, -0.25) is 9.59 Å². The molecule has 0 saturated carbocycles. The molecule has 0 bridgehead atoms. The van der Waals surface area contributed by atoms with E-state index in [0.717, 1.165) is 110 Å². The lowest BCUT2D eigenvalue weighted by molar-refractivity contribution is -0.150. The molecule has 0 fully saturated rings. The normalized spacial score (nSPS) is 12.2. The Kier molecular flexibility index (Phi) is 35.6. The van der Waals surface area contributed by atoms with E-state index in [9.17, 15) is 14.0 Å². The van der Waals surface area contributed by atoms with Gasteiger partial charge in [0.2, 0.25) is 0 Å². The summed E-state index contributed by atoms with van der Waals surface area (Å²) in [5.74, 6) is 1.50. The number of carbonyl (C=O) groups excluding carboxylic acids is 2. The van der Waals surface area contributed by atoms with Gasteiger partial charge in [-0.15, -0.1) is 0 Å². The molecule has 0 spiro atoms. The van der Waals surface area contributed by atoms with E-state index in [1.165, 1.54) is 141 Å². The van der Waals surface area contributed by atoms with Crippen LogP contribution in [-0.4, -0.2) is 68.9 Å². The number of nitrogens with zero attached hydrogens (tertiary/aromatic N) is 4. The van der Waals surface area contributed by atoms with Gasteiger partial charge >= 0.3 is 12.0 Å². The first-order valence-corrected chi connectivity index (χ1v) is 26.9. The van der Waals surface area contributed by atoms with Gasteiger partial charge in [-0.2, -0.15) is 14.4 Å². The molecule has 0 aromatic carbocycles. The Bertz CT molecular complexity index is 1360. The molecule has 0 amide bonds. The number of H-pyrrole nitrogens is 1. The highest BCUT2D eigenvalue weighted by Crippen LogP contribution is 2.22. The molecule has 364 valence electrons. The van der Waals surface area contributed by atoms with E-state index in [1.54, 1.807) is 0 Å². The van der Waals surface area contributed by atoms with E-state index in [1.807, 2.05) is 0 Å². The number of imidazole rings is 1. The Morgan fingerprint density at radius 2 is 1.11 bits per heavy atom. The minimum absolute atomic E-state index is 0.00486. The Morgan fingerprint density at radius 1 is 0.619 bits per heavy atom. The third-order valence-corrected chi connectivity index (χ3v) is 13.1. The van der Waals surface area contributed by atoms with Crippen molar-refractivity contribution in [3.63, 3.8) is 0 Å². The number of anilines is 1. The number of aromatic amines is 1. The number of ether oxygens (including phenoxy) is 1. The highest BCUT2D eigenvalue weighted by Gasteiger charge is 2.16. The lowest BCUT2D eigenvalue weighted by Gasteiger charge is -2.22. The molecule has 1 atom stereocenters. The monoisotopic (exact) mass is 885 g/mol. The summed E-state index contributed by atoms with van der Waals surface area (Å²) in [7, 11) is 0. The molecule has 0 aliphatic rings.